The third-order valence-corrected chi connectivity index (χ3v) is 2.38. The average molecular weight is 122 g/mol. The zero-order valence-electron chi connectivity index (χ0n) is 5.34. The van der Waals surface area contributed by atoms with E-state index in [0.717, 1.165) is 19.3 Å². The predicted molar refractivity (Wildman–Crippen MR) is 35.0 cm³/mol. The Morgan fingerprint density at radius 3 is 3.11 bits per heavy atom. The molecule has 0 heterocycles. The van der Waals surface area contributed by atoms with E-state index in [1.165, 1.54) is 0 Å². The second kappa shape index (κ2) is 1.69. The molecule has 0 aromatic heterocycles. The molecular weight excluding hydrogens is 112 g/mol. The van der Waals surface area contributed by atoms with Crippen LogP contribution in [0.4, 0.5) is 0 Å². The number of rotatable bonds is 0. The van der Waals surface area contributed by atoms with Crippen LogP contribution in [-0.4, -0.2) is 5.78 Å². The molecule has 1 unspecified atom stereocenters. The molecule has 0 aromatic carbocycles. The molecule has 0 aromatic rings. The summed E-state index contributed by atoms with van der Waals surface area (Å²) in [6, 6.07) is 0. The van der Waals surface area contributed by atoms with E-state index in [0.29, 0.717) is 17.6 Å². The van der Waals surface area contributed by atoms with Gasteiger partial charge in [-0.2, -0.15) is 0 Å². The fraction of sp³-hybridized carbons (Fsp3) is 0.625. The molecule has 9 heavy (non-hydrogen) atoms. The molecule has 0 radical (unpaired) electrons. The number of hydrogen-bond donors (Lipinski definition) is 0. The molecule has 1 heteroatoms. The highest BCUT2D eigenvalue weighted by molar-refractivity contribution is 5.81. The van der Waals surface area contributed by atoms with Gasteiger partial charge in [-0.05, 0) is 18.3 Å². The maximum Gasteiger partial charge on any atom is 0.133 e. The summed E-state index contributed by atoms with van der Waals surface area (Å²) in [6.45, 7) is 0. The summed E-state index contributed by atoms with van der Waals surface area (Å²) in [5.74, 6) is 1.78. The van der Waals surface area contributed by atoms with Crippen LogP contribution in [0.3, 0.4) is 0 Å². The van der Waals surface area contributed by atoms with Crippen molar-refractivity contribution >= 4 is 5.78 Å². The van der Waals surface area contributed by atoms with E-state index in [1.54, 1.807) is 0 Å². The first-order chi connectivity index (χ1) is 4.36. The lowest BCUT2D eigenvalue weighted by Crippen LogP contribution is -1.96. The van der Waals surface area contributed by atoms with Crippen LogP contribution in [0.5, 0.6) is 0 Å². The van der Waals surface area contributed by atoms with Crippen molar-refractivity contribution in [2.75, 3.05) is 0 Å². The second-order valence-electron chi connectivity index (χ2n) is 3.03. The maximum absolute atomic E-state index is 10.8. The summed E-state index contributed by atoms with van der Waals surface area (Å²) < 4.78 is 0. The highest BCUT2D eigenvalue weighted by atomic mass is 16.1. The SMILES string of the molecule is O=C1CC2C=CC[C@H]2C1. The topological polar surface area (TPSA) is 17.1 Å². The molecule has 1 nitrogen and oxygen atoms in total. The zero-order valence-corrected chi connectivity index (χ0v) is 5.34. The average Bonchev–Trinajstić information content (AvgIpc) is 2.22. The van der Waals surface area contributed by atoms with Gasteiger partial charge < -0.3 is 0 Å². The Balaban J connectivity index is 2.17. The maximum atomic E-state index is 10.8. The molecule has 0 saturated heterocycles. The van der Waals surface area contributed by atoms with Crippen molar-refractivity contribution < 1.29 is 4.79 Å². The van der Waals surface area contributed by atoms with E-state index in [1.807, 2.05) is 0 Å². The van der Waals surface area contributed by atoms with Gasteiger partial charge in [-0.3, -0.25) is 4.79 Å². The Kier molecular flexibility index (Phi) is 0.981. The molecule has 1 saturated carbocycles. The van der Waals surface area contributed by atoms with Crippen LogP contribution in [0.1, 0.15) is 19.3 Å². The fourth-order valence-electron chi connectivity index (χ4n) is 1.87. The minimum atomic E-state index is 0.467. The van der Waals surface area contributed by atoms with Crippen molar-refractivity contribution in [1.82, 2.24) is 0 Å². The minimum Gasteiger partial charge on any atom is -0.300 e. The van der Waals surface area contributed by atoms with Crippen LogP contribution >= 0.6 is 0 Å². The third-order valence-electron chi connectivity index (χ3n) is 2.38. The van der Waals surface area contributed by atoms with Gasteiger partial charge in [-0.15, -0.1) is 0 Å². The molecule has 0 N–H and O–H groups in total. The Morgan fingerprint density at radius 1 is 1.44 bits per heavy atom. The zero-order chi connectivity index (χ0) is 6.27. The van der Waals surface area contributed by atoms with Crippen molar-refractivity contribution in [2.45, 2.75) is 19.3 Å². The molecule has 2 rings (SSSR count). The number of carbonyl (C=O) groups excluding carboxylic acids is 1. The fourth-order valence-corrected chi connectivity index (χ4v) is 1.87. The quantitative estimate of drug-likeness (QED) is 0.445. The van der Waals surface area contributed by atoms with Gasteiger partial charge in [-0.25, -0.2) is 0 Å². The summed E-state index contributed by atoms with van der Waals surface area (Å²) in [5, 5.41) is 0. The van der Waals surface area contributed by atoms with Crippen LogP contribution in [0.2, 0.25) is 0 Å². The molecule has 1 fully saturated rings. The van der Waals surface area contributed by atoms with E-state index in [-0.39, 0.29) is 0 Å². The molecular formula is C8H10O. The lowest BCUT2D eigenvalue weighted by Gasteiger charge is -2.03. The van der Waals surface area contributed by atoms with E-state index in [9.17, 15) is 4.79 Å². The van der Waals surface area contributed by atoms with Crippen molar-refractivity contribution in [3.05, 3.63) is 12.2 Å². The normalized spacial score (nSPS) is 39.8. The van der Waals surface area contributed by atoms with Gasteiger partial charge in [0.05, 0.1) is 0 Å². The number of ketones is 1. The van der Waals surface area contributed by atoms with Crippen molar-refractivity contribution in [1.29, 1.82) is 0 Å². The summed E-state index contributed by atoms with van der Waals surface area (Å²) in [4.78, 5) is 10.8. The Morgan fingerprint density at radius 2 is 2.33 bits per heavy atom. The van der Waals surface area contributed by atoms with Crippen LogP contribution in [-0.2, 0) is 4.79 Å². The second-order valence-corrected chi connectivity index (χ2v) is 3.03. The van der Waals surface area contributed by atoms with Crippen molar-refractivity contribution in [3.63, 3.8) is 0 Å². The van der Waals surface area contributed by atoms with E-state index in [4.69, 9.17) is 0 Å². The van der Waals surface area contributed by atoms with Gasteiger partial charge >= 0.3 is 0 Å². The van der Waals surface area contributed by atoms with Crippen molar-refractivity contribution in [3.8, 4) is 0 Å². The van der Waals surface area contributed by atoms with Gasteiger partial charge in [0.1, 0.15) is 5.78 Å². The summed E-state index contributed by atoms with van der Waals surface area (Å²) in [7, 11) is 0. The standard InChI is InChI=1S/C8H10O/c9-8-4-6-2-1-3-7(6)5-8/h1-2,6-7H,3-5H2/t6?,7-/m0/s1. The molecule has 0 spiro atoms. The van der Waals surface area contributed by atoms with Crippen LogP contribution in [0, 0.1) is 11.8 Å². The molecule has 0 aliphatic heterocycles. The van der Waals surface area contributed by atoms with Crippen LogP contribution < -0.4 is 0 Å². The highest BCUT2D eigenvalue weighted by Crippen LogP contribution is 2.37. The van der Waals surface area contributed by atoms with E-state index in [2.05, 4.69) is 12.2 Å². The first kappa shape index (κ1) is 5.21. The lowest BCUT2D eigenvalue weighted by molar-refractivity contribution is -0.117. The van der Waals surface area contributed by atoms with Crippen molar-refractivity contribution in [2.24, 2.45) is 11.8 Å². The molecule has 48 valence electrons. The third kappa shape index (κ3) is 0.716. The first-order valence-electron chi connectivity index (χ1n) is 3.54. The van der Waals surface area contributed by atoms with Gasteiger partial charge in [0, 0.05) is 12.8 Å². The number of hydrogen-bond acceptors (Lipinski definition) is 1. The van der Waals surface area contributed by atoms with Crippen LogP contribution in [0.25, 0.3) is 0 Å². The number of carbonyl (C=O) groups is 1. The Bertz CT molecular complexity index is 169. The van der Waals surface area contributed by atoms with Gasteiger partial charge in [0.15, 0.2) is 0 Å². The van der Waals surface area contributed by atoms with Crippen LogP contribution in [0.15, 0.2) is 12.2 Å². The monoisotopic (exact) mass is 122 g/mol. The Labute approximate surface area is 54.8 Å². The van der Waals surface area contributed by atoms with Gasteiger partial charge in [0.25, 0.3) is 0 Å². The number of Topliss-reactive ketones (excluding diaryl/α,β-unsaturated/α-hetero) is 1. The smallest absolute Gasteiger partial charge is 0.133 e. The molecule has 0 bridgehead atoms. The number of allylic oxidation sites excluding steroid dienone is 2. The van der Waals surface area contributed by atoms with Gasteiger partial charge in [-0.1, -0.05) is 12.2 Å². The molecule has 0 amide bonds. The van der Waals surface area contributed by atoms with E-state index < -0.39 is 0 Å². The Hall–Kier alpha value is -0.590. The minimum absolute atomic E-state index is 0.467. The molecule has 2 aliphatic carbocycles. The van der Waals surface area contributed by atoms with Gasteiger partial charge in [0.2, 0.25) is 0 Å². The molecule has 2 aliphatic rings. The highest BCUT2D eigenvalue weighted by Gasteiger charge is 2.32. The summed E-state index contributed by atoms with van der Waals surface area (Å²) >= 11 is 0. The summed E-state index contributed by atoms with van der Waals surface area (Å²) in [6.07, 6.45) is 7.23. The molecule has 2 atom stereocenters. The largest absolute Gasteiger partial charge is 0.300 e. The number of fused-ring (bicyclic) bond motifs is 1. The predicted octanol–water partition coefficient (Wildman–Crippen LogP) is 1.54. The summed E-state index contributed by atoms with van der Waals surface area (Å²) in [5.41, 5.74) is 0. The first-order valence-corrected chi connectivity index (χ1v) is 3.54. The lowest BCUT2D eigenvalue weighted by atomic mass is 10.0. The van der Waals surface area contributed by atoms with E-state index >= 15 is 0 Å².